The van der Waals surface area contributed by atoms with E-state index in [2.05, 4.69) is 262 Å². The summed E-state index contributed by atoms with van der Waals surface area (Å²) in [6.07, 6.45) is 13.9. The van der Waals surface area contributed by atoms with Crippen molar-refractivity contribution in [3.05, 3.63) is 276 Å². The van der Waals surface area contributed by atoms with Crippen molar-refractivity contribution in [1.29, 1.82) is 0 Å². The van der Waals surface area contributed by atoms with Gasteiger partial charge in [0.05, 0.1) is 11.1 Å². The molecule has 3 aliphatic carbocycles. The number of hydrogen-bond donors (Lipinski definition) is 0. The third-order valence-corrected chi connectivity index (χ3v) is 15.2. The molecule has 2 nitrogen and oxygen atoms in total. The van der Waals surface area contributed by atoms with E-state index in [0.717, 1.165) is 62.8 Å². The molecule has 0 radical (unpaired) electrons. The first-order chi connectivity index (χ1) is 33.9. The van der Waals surface area contributed by atoms with Crippen LogP contribution in [0.4, 0.5) is 17.1 Å². The third kappa shape index (κ3) is 6.25. The van der Waals surface area contributed by atoms with E-state index in [-0.39, 0.29) is 5.41 Å². The first kappa shape index (κ1) is 40.8. The molecular weight excluding hydrogens is 835 g/mol. The van der Waals surface area contributed by atoms with Gasteiger partial charge in [0.1, 0.15) is 5.75 Å². The Morgan fingerprint density at radius 2 is 1.06 bits per heavy atom. The molecular formula is C67H49NO. The Morgan fingerprint density at radius 3 is 1.88 bits per heavy atom. The first-order valence-corrected chi connectivity index (χ1v) is 24.1. The van der Waals surface area contributed by atoms with Crippen LogP contribution < -0.4 is 9.64 Å². The number of ether oxygens (including phenoxy) is 1. The second-order valence-corrected chi connectivity index (χ2v) is 19.2. The molecule has 1 unspecified atom stereocenters. The molecule has 1 aliphatic heterocycles. The Kier molecular flexibility index (Phi) is 9.36. The molecule has 9 aromatic carbocycles. The maximum atomic E-state index is 7.17. The van der Waals surface area contributed by atoms with E-state index in [0.29, 0.717) is 0 Å². The van der Waals surface area contributed by atoms with Gasteiger partial charge in [-0.3, -0.25) is 0 Å². The van der Waals surface area contributed by atoms with Crippen molar-refractivity contribution >= 4 is 23.1 Å². The number of hydrogen-bond acceptors (Lipinski definition) is 2. The lowest BCUT2D eigenvalue weighted by atomic mass is 9.68. The average Bonchev–Trinajstić information content (AvgIpc) is 3.73. The molecule has 1 atom stereocenters. The van der Waals surface area contributed by atoms with E-state index in [9.17, 15) is 0 Å². The summed E-state index contributed by atoms with van der Waals surface area (Å²) >= 11 is 0. The van der Waals surface area contributed by atoms with Crippen molar-refractivity contribution < 1.29 is 4.74 Å². The minimum atomic E-state index is -0.404. The van der Waals surface area contributed by atoms with Crippen LogP contribution in [0, 0.1) is 0 Å². The molecule has 0 saturated carbocycles. The van der Waals surface area contributed by atoms with Crippen LogP contribution in [0.1, 0.15) is 53.6 Å². The van der Waals surface area contributed by atoms with Crippen LogP contribution in [0.5, 0.6) is 11.5 Å². The summed E-state index contributed by atoms with van der Waals surface area (Å²) < 4.78 is 7.17. The molecule has 0 bridgehead atoms. The zero-order chi connectivity index (χ0) is 46.3. The van der Waals surface area contributed by atoms with Crippen LogP contribution >= 0.6 is 0 Å². The second-order valence-electron chi connectivity index (χ2n) is 19.2. The van der Waals surface area contributed by atoms with Gasteiger partial charge in [0.25, 0.3) is 0 Å². The molecule has 0 saturated heterocycles. The van der Waals surface area contributed by atoms with Gasteiger partial charge in [0.15, 0.2) is 5.75 Å². The van der Waals surface area contributed by atoms with Crippen molar-refractivity contribution in [2.24, 2.45) is 0 Å². The Labute approximate surface area is 405 Å². The molecule has 4 aliphatic rings. The van der Waals surface area contributed by atoms with E-state index < -0.39 is 5.41 Å². The van der Waals surface area contributed by atoms with Crippen LogP contribution in [-0.2, 0) is 10.8 Å². The smallest absolute Gasteiger partial charge is 0.159 e. The Hall–Kier alpha value is -8.46. The number of allylic oxidation sites excluding steroid dienone is 6. The third-order valence-electron chi connectivity index (χ3n) is 15.2. The van der Waals surface area contributed by atoms with E-state index in [1.54, 1.807) is 0 Å². The lowest BCUT2D eigenvalue weighted by Crippen LogP contribution is -2.27. The van der Waals surface area contributed by atoms with E-state index in [1.165, 1.54) is 66.8 Å². The highest BCUT2D eigenvalue weighted by molar-refractivity contribution is 5.98. The average molecular weight is 884 g/mol. The van der Waals surface area contributed by atoms with E-state index >= 15 is 0 Å². The van der Waals surface area contributed by atoms with Crippen molar-refractivity contribution in [1.82, 2.24) is 0 Å². The van der Waals surface area contributed by atoms with Crippen molar-refractivity contribution in [2.75, 3.05) is 4.90 Å². The quantitative estimate of drug-likeness (QED) is 0.175. The van der Waals surface area contributed by atoms with Gasteiger partial charge >= 0.3 is 0 Å². The molecule has 328 valence electrons. The van der Waals surface area contributed by atoms with Gasteiger partial charge in [-0.2, -0.15) is 0 Å². The number of anilines is 3. The van der Waals surface area contributed by atoms with Gasteiger partial charge in [0, 0.05) is 27.9 Å². The predicted molar refractivity (Wildman–Crippen MR) is 288 cm³/mol. The van der Waals surface area contributed by atoms with Crippen molar-refractivity contribution in [2.45, 2.75) is 31.1 Å². The van der Waals surface area contributed by atoms with Gasteiger partial charge < -0.3 is 9.64 Å². The summed E-state index contributed by atoms with van der Waals surface area (Å²) in [4.78, 5) is 2.40. The second kappa shape index (κ2) is 15.8. The van der Waals surface area contributed by atoms with Gasteiger partial charge in [0.2, 0.25) is 0 Å². The number of fused-ring (bicyclic) bond motifs is 15. The van der Waals surface area contributed by atoms with Gasteiger partial charge in [-0.1, -0.05) is 221 Å². The Morgan fingerprint density at radius 1 is 0.449 bits per heavy atom. The lowest BCUT2D eigenvalue weighted by molar-refractivity contribution is 0.489. The predicted octanol–water partition coefficient (Wildman–Crippen LogP) is 18.0. The van der Waals surface area contributed by atoms with Crippen molar-refractivity contribution in [3.63, 3.8) is 0 Å². The van der Waals surface area contributed by atoms with Crippen LogP contribution in [-0.4, -0.2) is 0 Å². The molecule has 1 spiro atoms. The maximum absolute atomic E-state index is 7.17. The maximum Gasteiger partial charge on any atom is 0.159 e. The minimum absolute atomic E-state index is 0.174. The highest BCUT2D eigenvalue weighted by atomic mass is 16.5. The minimum Gasteiger partial charge on any atom is -0.454 e. The summed E-state index contributed by atoms with van der Waals surface area (Å²) in [7, 11) is 0. The number of rotatable bonds is 4. The van der Waals surface area contributed by atoms with Crippen LogP contribution in [0.3, 0.4) is 0 Å². The summed E-state index contributed by atoms with van der Waals surface area (Å²) in [6, 6.07) is 73.7. The highest BCUT2D eigenvalue weighted by Gasteiger charge is 2.45. The molecule has 2 heteroatoms. The molecule has 13 rings (SSSR count). The Bertz CT molecular complexity index is 3670. The Balaban J connectivity index is 0.996. The van der Waals surface area contributed by atoms with E-state index in [4.69, 9.17) is 4.74 Å². The standard InChI is InChI=1S/C67H49NO/c1-44-19-5-4-16-42-67(57-28-12-6-20-46(57)35-34-44)59-30-14-10-25-56(59)64-49(26-17-31-60(64)67)45-36-38-47(39-37-45)68(48-40-41-53-52-23-9-13-29-58(52)66(2,3)61(53)43-48)62-32-18-27-55-51-22-8-7-21-50(51)54-24-11-15-33-63(54)69-65(55)62/h4-41,43H,1,42H2,2-3H3/b16-4-,19-5-,35-34?. The molecule has 0 amide bonds. The normalized spacial score (nSPS) is 17.3. The number of benzene rings is 9. The topological polar surface area (TPSA) is 12.5 Å². The highest BCUT2D eigenvalue weighted by Crippen LogP contribution is 2.59. The summed E-state index contributed by atoms with van der Waals surface area (Å²) in [5.74, 6) is 1.67. The molecule has 0 N–H and O–H groups in total. The molecule has 69 heavy (non-hydrogen) atoms. The zero-order valence-electron chi connectivity index (χ0n) is 38.8. The fourth-order valence-electron chi connectivity index (χ4n) is 12.0. The van der Waals surface area contributed by atoms with Gasteiger partial charge in [-0.05, 0) is 126 Å². The van der Waals surface area contributed by atoms with Crippen LogP contribution in [0.25, 0.3) is 61.7 Å². The first-order valence-electron chi connectivity index (χ1n) is 24.1. The van der Waals surface area contributed by atoms with E-state index in [1.807, 2.05) is 0 Å². The van der Waals surface area contributed by atoms with Gasteiger partial charge in [-0.15, -0.1) is 0 Å². The van der Waals surface area contributed by atoms with Crippen LogP contribution in [0.15, 0.2) is 243 Å². The van der Waals surface area contributed by atoms with Crippen molar-refractivity contribution in [3.8, 4) is 67.1 Å². The molecule has 1 heterocycles. The zero-order valence-corrected chi connectivity index (χ0v) is 38.8. The largest absolute Gasteiger partial charge is 0.454 e. The molecule has 9 aromatic rings. The number of nitrogens with zero attached hydrogens (tertiary/aromatic N) is 1. The molecule has 0 fully saturated rings. The lowest BCUT2D eigenvalue weighted by Gasteiger charge is -2.33. The summed E-state index contributed by atoms with van der Waals surface area (Å²) in [5, 5.41) is 0. The molecule has 0 aromatic heterocycles. The van der Waals surface area contributed by atoms with Crippen LogP contribution in [0.2, 0.25) is 0 Å². The number of para-hydroxylation sites is 2. The monoisotopic (exact) mass is 883 g/mol. The fourth-order valence-corrected chi connectivity index (χ4v) is 12.0. The SMILES string of the molecule is C=C1C=Cc2ccccc2C2(C/C=C\C=C/1)c1ccccc1-c1c(-c3ccc(N(c4ccc5c(c4)C(C)(C)c4ccccc4-5)c4cccc5c4Oc4ccccc4-c4ccccc4-5)cc3)cccc12. The summed E-state index contributed by atoms with van der Waals surface area (Å²) in [5.41, 5.74) is 23.3. The fraction of sp³-hybridized carbons (Fsp3) is 0.0746. The summed E-state index contributed by atoms with van der Waals surface area (Å²) in [6.45, 7) is 9.01. The van der Waals surface area contributed by atoms with Gasteiger partial charge in [-0.25, -0.2) is 0 Å².